The Kier molecular flexibility index (Phi) is 5.20. The van der Waals surface area contributed by atoms with Crippen LogP contribution >= 0.6 is 11.6 Å². The Morgan fingerprint density at radius 3 is 2.24 bits per heavy atom. The standard InChI is InChI=1S/C17H18ClNO4S2/c18-15-6-8-16(9-7-15)25(22,23)19-11-10-17(24(20,21)13-12-19)14-4-2-1-3-5-14/h1-9,17H,10-13H2. The predicted molar refractivity (Wildman–Crippen MR) is 97.8 cm³/mol. The van der Waals surface area contributed by atoms with E-state index in [0.717, 1.165) is 0 Å². The number of rotatable bonds is 3. The molecule has 8 heteroatoms. The summed E-state index contributed by atoms with van der Waals surface area (Å²) in [6, 6.07) is 14.8. The van der Waals surface area contributed by atoms with Crippen LogP contribution in [-0.4, -0.2) is 40.0 Å². The lowest BCUT2D eigenvalue weighted by Crippen LogP contribution is -2.33. The fraction of sp³-hybridized carbons (Fsp3) is 0.294. The minimum Gasteiger partial charge on any atom is -0.228 e. The van der Waals surface area contributed by atoms with E-state index < -0.39 is 25.1 Å². The molecule has 0 aliphatic carbocycles. The number of hydrogen-bond donors (Lipinski definition) is 0. The Bertz CT molecular complexity index is 942. The van der Waals surface area contributed by atoms with Crippen molar-refractivity contribution in [1.82, 2.24) is 4.31 Å². The smallest absolute Gasteiger partial charge is 0.228 e. The lowest BCUT2D eigenvalue weighted by Gasteiger charge is -2.19. The third-order valence-electron chi connectivity index (χ3n) is 4.32. The van der Waals surface area contributed by atoms with Gasteiger partial charge in [0.05, 0.1) is 15.9 Å². The van der Waals surface area contributed by atoms with Gasteiger partial charge in [0, 0.05) is 18.1 Å². The Labute approximate surface area is 153 Å². The Morgan fingerprint density at radius 2 is 1.60 bits per heavy atom. The highest BCUT2D eigenvalue weighted by Gasteiger charge is 2.35. The van der Waals surface area contributed by atoms with Crippen LogP contribution in [-0.2, 0) is 19.9 Å². The van der Waals surface area contributed by atoms with Gasteiger partial charge in [-0.1, -0.05) is 41.9 Å². The Morgan fingerprint density at radius 1 is 0.960 bits per heavy atom. The van der Waals surface area contributed by atoms with Crippen LogP contribution in [0.2, 0.25) is 5.02 Å². The first-order valence-corrected chi connectivity index (χ1v) is 11.4. The van der Waals surface area contributed by atoms with Gasteiger partial charge in [-0.15, -0.1) is 0 Å². The highest BCUT2D eigenvalue weighted by atomic mass is 35.5. The van der Waals surface area contributed by atoms with Crippen molar-refractivity contribution in [1.29, 1.82) is 0 Å². The van der Waals surface area contributed by atoms with Gasteiger partial charge in [-0.25, -0.2) is 16.8 Å². The highest BCUT2D eigenvalue weighted by molar-refractivity contribution is 7.92. The van der Waals surface area contributed by atoms with Gasteiger partial charge in [-0.2, -0.15) is 4.31 Å². The minimum atomic E-state index is -3.75. The van der Waals surface area contributed by atoms with Crippen LogP contribution in [0, 0.1) is 0 Å². The molecule has 0 amide bonds. The van der Waals surface area contributed by atoms with Gasteiger partial charge < -0.3 is 0 Å². The third kappa shape index (κ3) is 3.89. The van der Waals surface area contributed by atoms with E-state index in [2.05, 4.69) is 0 Å². The Hall–Kier alpha value is -1.41. The third-order valence-corrected chi connectivity index (χ3v) is 8.61. The van der Waals surface area contributed by atoms with E-state index in [1.807, 2.05) is 6.07 Å². The highest BCUT2D eigenvalue weighted by Crippen LogP contribution is 2.31. The van der Waals surface area contributed by atoms with Gasteiger partial charge in [-0.3, -0.25) is 0 Å². The second-order valence-electron chi connectivity index (χ2n) is 5.91. The molecule has 0 spiro atoms. The topological polar surface area (TPSA) is 71.5 Å². The van der Waals surface area contributed by atoms with Crippen LogP contribution in [0.1, 0.15) is 17.2 Å². The minimum absolute atomic E-state index is 0.0450. The molecule has 1 atom stereocenters. The first-order valence-electron chi connectivity index (χ1n) is 7.83. The largest absolute Gasteiger partial charge is 0.243 e. The average molecular weight is 400 g/mol. The molecule has 1 aliphatic heterocycles. The summed E-state index contributed by atoms with van der Waals surface area (Å²) in [7, 11) is -7.17. The molecule has 0 aromatic heterocycles. The van der Waals surface area contributed by atoms with Crippen molar-refractivity contribution in [3.05, 3.63) is 65.2 Å². The van der Waals surface area contributed by atoms with Gasteiger partial charge in [0.1, 0.15) is 0 Å². The molecular weight excluding hydrogens is 382 g/mol. The van der Waals surface area contributed by atoms with E-state index in [4.69, 9.17) is 11.6 Å². The zero-order valence-electron chi connectivity index (χ0n) is 13.4. The summed E-state index contributed by atoms with van der Waals surface area (Å²) < 4.78 is 52.1. The maximum absolute atomic E-state index is 12.8. The maximum atomic E-state index is 12.8. The van der Waals surface area contributed by atoms with E-state index >= 15 is 0 Å². The molecular formula is C17H18ClNO4S2. The fourth-order valence-corrected chi connectivity index (χ4v) is 6.45. The zero-order valence-corrected chi connectivity index (χ0v) is 15.8. The summed E-state index contributed by atoms with van der Waals surface area (Å²) in [5.74, 6) is -0.195. The van der Waals surface area contributed by atoms with E-state index in [9.17, 15) is 16.8 Å². The molecule has 5 nitrogen and oxygen atoms in total. The number of hydrogen-bond acceptors (Lipinski definition) is 4. The summed E-state index contributed by atoms with van der Waals surface area (Å²) in [4.78, 5) is 0.118. The lowest BCUT2D eigenvalue weighted by molar-refractivity contribution is 0.428. The maximum Gasteiger partial charge on any atom is 0.243 e. The van der Waals surface area contributed by atoms with Gasteiger partial charge in [0.15, 0.2) is 9.84 Å². The summed E-state index contributed by atoms with van der Waals surface area (Å²) >= 11 is 5.81. The van der Waals surface area contributed by atoms with Crippen LogP contribution in [0.5, 0.6) is 0 Å². The molecule has 1 saturated heterocycles. The number of benzene rings is 2. The Balaban J connectivity index is 1.89. The SMILES string of the molecule is O=S1(=O)CCN(S(=O)(=O)c2ccc(Cl)cc2)CCC1c1ccccc1. The van der Waals surface area contributed by atoms with Crippen LogP contribution in [0.4, 0.5) is 0 Å². The van der Waals surface area contributed by atoms with Crippen molar-refractivity contribution < 1.29 is 16.8 Å². The molecule has 2 aromatic rings. The molecule has 0 saturated carbocycles. The quantitative estimate of drug-likeness (QED) is 0.795. The first-order chi connectivity index (χ1) is 11.8. The van der Waals surface area contributed by atoms with Gasteiger partial charge in [-0.05, 0) is 36.2 Å². The van der Waals surface area contributed by atoms with Crippen LogP contribution in [0.3, 0.4) is 0 Å². The number of sulfone groups is 1. The van der Waals surface area contributed by atoms with Crippen molar-refractivity contribution in [3.63, 3.8) is 0 Å². The van der Waals surface area contributed by atoms with Crippen LogP contribution in [0.25, 0.3) is 0 Å². The molecule has 0 N–H and O–H groups in total. The lowest BCUT2D eigenvalue weighted by atomic mass is 10.1. The summed E-state index contributed by atoms with van der Waals surface area (Å²) in [6.45, 7) is 0.111. The van der Waals surface area contributed by atoms with E-state index in [0.29, 0.717) is 10.6 Å². The molecule has 0 radical (unpaired) electrons. The summed E-state index contributed by atoms with van der Waals surface area (Å²) in [6.07, 6.45) is 0.235. The molecule has 134 valence electrons. The average Bonchev–Trinajstić information content (AvgIpc) is 2.74. The summed E-state index contributed by atoms with van der Waals surface area (Å²) in [5, 5.41) is -0.236. The molecule has 1 heterocycles. The number of halogens is 1. The van der Waals surface area contributed by atoms with Crippen LogP contribution in [0.15, 0.2) is 59.5 Å². The normalized spacial score (nSPS) is 21.6. The number of nitrogens with zero attached hydrogens (tertiary/aromatic N) is 1. The van der Waals surface area contributed by atoms with Crippen molar-refractivity contribution >= 4 is 31.5 Å². The van der Waals surface area contributed by atoms with Gasteiger partial charge >= 0.3 is 0 Å². The van der Waals surface area contributed by atoms with Crippen molar-refractivity contribution in [3.8, 4) is 0 Å². The van der Waals surface area contributed by atoms with Crippen LogP contribution < -0.4 is 0 Å². The molecule has 1 aliphatic rings. The predicted octanol–water partition coefficient (Wildman–Crippen LogP) is 2.89. The van der Waals surface area contributed by atoms with Crippen molar-refractivity contribution in [2.45, 2.75) is 16.6 Å². The molecule has 0 bridgehead atoms. The van der Waals surface area contributed by atoms with E-state index in [1.54, 1.807) is 24.3 Å². The second kappa shape index (κ2) is 7.07. The zero-order chi connectivity index (χ0) is 18.1. The van der Waals surface area contributed by atoms with Gasteiger partial charge in [0.2, 0.25) is 10.0 Å². The monoisotopic (exact) mass is 399 g/mol. The molecule has 1 unspecified atom stereocenters. The second-order valence-corrected chi connectivity index (χ2v) is 10.6. The molecule has 3 rings (SSSR count). The van der Waals surface area contributed by atoms with Gasteiger partial charge in [0.25, 0.3) is 0 Å². The van der Waals surface area contributed by atoms with Crippen molar-refractivity contribution in [2.75, 3.05) is 18.8 Å². The van der Waals surface area contributed by atoms with E-state index in [1.165, 1.54) is 28.6 Å². The van der Waals surface area contributed by atoms with E-state index in [-0.39, 0.29) is 30.2 Å². The number of sulfonamides is 1. The molecule has 2 aromatic carbocycles. The molecule has 1 fully saturated rings. The van der Waals surface area contributed by atoms with Crippen molar-refractivity contribution in [2.24, 2.45) is 0 Å². The summed E-state index contributed by atoms with van der Waals surface area (Å²) in [5.41, 5.74) is 0.702. The fourth-order valence-electron chi connectivity index (χ4n) is 2.96. The molecule has 25 heavy (non-hydrogen) atoms. The first kappa shape index (κ1) is 18.4.